The molecule has 0 aliphatic heterocycles. The third-order valence-corrected chi connectivity index (χ3v) is 3.21. The molecule has 0 atom stereocenters. The summed E-state index contributed by atoms with van der Waals surface area (Å²) >= 11 is 0. The minimum atomic E-state index is -0.947. The average molecular weight is 294 g/mol. The zero-order chi connectivity index (χ0) is 15.4. The zero-order valence-corrected chi connectivity index (χ0v) is 11.7. The van der Waals surface area contributed by atoms with Crippen LogP contribution in [-0.4, -0.2) is 20.6 Å². The van der Waals surface area contributed by atoms with Crippen molar-refractivity contribution in [2.24, 2.45) is 0 Å². The van der Waals surface area contributed by atoms with Crippen LogP contribution in [0.5, 0.6) is 6.01 Å². The lowest BCUT2D eigenvalue weighted by Gasteiger charge is -2.09. The Labute approximate surface area is 127 Å². The molecular weight excluding hydrogens is 280 g/mol. The van der Waals surface area contributed by atoms with E-state index in [4.69, 9.17) is 9.84 Å². The van der Waals surface area contributed by atoms with E-state index in [1.54, 1.807) is 41.2 Å². The van der Waals surface area contributed by atoms with Crippen LogP contribution in [0.3, 0.4) is 0 Å². The normalized spacial score (nSPS) is 10.4. The summed E-state index contributed by atoms with van der Waals surface area (Å²) < 4.78 is 7.50. The number of aromatic nitrogens is 2. The molecule has 1 aromatic heterocycles. The maximum absolute atomic E-state index is 10.9. The van der Waals surface area contributed by atoms with Gasteiger partial charge in [0.25, 0.3) is 0 Å². The van der Waals surface area contributed by atoms with E-state index in [9.17, 15) is 4.79 Å². The molecule has 5 nitrogen and oxygen atoms in total. The second-order valence-electron chi connectivity index (χ2n) is 4.71. The van der Waals surface area contributed by atoms with E-state index in [2.05, 4.69) is 4.98 Å². The molecule has 0 unspecified atom stereocenters. The minimum absolute atomic E-state index is 0.246. The van der Waals surface area contributed by atoms with Crippen molar-refractivity contribution in [2.45, 2.75) is 6.61 Å². The number of carbonyl (C=O) groups is 1. The molecule has 1 heterocycles. The van der Waals surface area contributed by atoms with Gasteiger partial charge < -0.3 is 9.84 Å². The van der Waals surface area contributed by atoms with Crippen molar-refractivity contribution in [1.29, 1.82) is 0 Å². The molecule has 0 bridgehead atoms. The number of carboxylic acids is 1. The minimum Gasteiger partial charge on any atom is -0.478 e. The third-order valence-electron chi connectivity index (χ3n) is 3.21. The van der Waals surface area contributed by atoms with Crippen LogP contribution in [0.1, 0.15) is 15.9 Å². The van der Waals surface area contributed by atoms with Crippen LogP contribution in [-0.2, 0) is 6.61 Å². The standard InChI is InChI=1S/C17H14N2O3/c20-16(21)14-6-8-15(9-7-14)19-11-10-18-17(19)22-12-13-4-2-1-3-5-13/h1-11H,12H2,(H,20,21). The van der Waals surface area contributed by atoms with Crippen molar-refractivity contribution < 1.29 is 14.6 Å². The van der Waals surface area contributed by atoms with Gasteiger partial charge in [0.05, 0.1) is 11.3 Å². The summed E-state index contributed by atoms with van der Waals surface area (Å²) in [6.45, 7) is 0.422. The van der Waals surface area contributed by atoms with E-state index in [0.29, 0.717) is 12.6 Å². The van der Waals surface area contributed by atoms with Crippen molar-refractivity contribution in [2.75, 3.05) is 0 Å². The average Bonchev–Trinajstić information content (AvgIpc) is 3.02. The molecule has 5 heteroatoms. The summed E-state index contributed by atoms with van der Waals surface area (Å²) in [5.41, 5.74) is 2.10. The third kappa shape index (κ3) is 2.98. The fraction of sp³-hybridized carbons (Fsp3) is 0.0588. The lowest BCUT2D eigenvalue weighted by atomic mass is 10.2. The Balaban J connectivity index is 1.78. The lowest BCUT2D eigenvalue weighted by molar-refractivity contribution is 0.0697. The van der Waals surface area contributed by atoms with Gasteiger partial charge >= 0.3 is 12.0 Å². The Morgan fingerprint density at radius 3 is 2.50 bits per heavy atom. The van der Waals surface area contributed by atoms with Crippen LogP contribution in [0.15, 0.2) is 67.0 Å². The fourth-order valence-corrected chi connectivity index (χ4v) is 2.08. The van der Waals surface area contributed by atoms with Gasteiger partial charge in [-0.1, -0.05) is 30.3 Å². The number of benzene rings is 2. The molecule has 110 valence electrons. The molecule has 0 saturated carbocycles. The molecule has 22 heavy (non-hydrogen) atoms. The van der Waals surface area contributed by atoms with E-state index in [0.717, 1.165) is 11.3 Å². The monoisotopic (exact) mass is 294 g/mol. The maximum Gasteiger partial charge on any atom is 0.335 e. The summed E-state index contributed by atoms with van der Waals surface area (Å²) in [4.78, 5) is 15.1. The van der Waals surface area contributed by atoms with Crippen molar-refractivity contribution in [3.63, 3.8) is 0 Å². The first-order chi connectivity index (χ1) is 10.7. The summed E-state index contributed by atoms with van der Waals surface area (Å²) in [5.74, 6) is -0.947. The highest BCUT2D eigenvalue weighted by atomic mass is 16.5. The number of hydrogen-bond acceptors (Lipinski definition) is 3. The van der Waals surface area contributed by atoms with Crippen LogP contribution in [0.4, 0.5) is 0 Å². The molecule has 0 aliphatic rings. The Bertz CT molecular complexity index is 764. The number of nitrogens with zero attached hydrogens (tertiary/aromatic N) is 2. The molecule has 1 N–H and O–H groups in total. The van der Waals surface area contributed by atoms with Crippen molar-refractivity contribution >= 4 is 5.97 Å². The van der Waals surface area contributed by atoms with Crippen LogP contribution >= 0.6 is 0 Å². The van der Waals surface area contributed by atoms with Crippen LogP contribution in [0.2, 0.25) is 0 Å². The van der Waals surface area contributed by atoms with Gasteiger partial charge in [-0.15, -0.1) is 0 Å². The first-order valence-corrected chi connectivity index (χ1v) is 6.78. The predicted octanol–water partition coefficient (Wildman–Crippen LogP) is 3.15. The van der Waals surface area contributed by atoms with Crippen LogP contribution in [0.25, 0.3) is 5.69 Å². The summed E-state index contributed by atoms with van der Waals surface area (Å²) in [5, 5.41) is 8.93. The summed E-state index contributed by atoms with van der Waals surface area (Å²) in [6, 6.07) is 16.8. The van der Waals surface area contributed by atoms with E-state index in [1.165, 1.54) is 0 Å². The highest BCUT2D eigenvalue weighted by Gasteiger charge is 2.08. The number of carboxylic acid groups (broad SMARTS) is 1. The Kier molecular flexibility index (Phi) is 3.87. The smallest absolute Gasteiger partial charge is 0.335 e. The highest BCUT2D eigenvalue weighted by molar-refractivity contribution is 5.87. The van der Waals surface area contributed by atoms with Crippen LogP contribution < -0.4 is 4.74 Å². The maximum atomic E-state index is 10.9. The number of ether oxygens (including phenoxy) is 1. The summed E-state index contributed by atoms with van der Waals surface area (Å²) in [7, 11) is 0. The number of hydrogen-bond donors (Lipinski definition) is 1. The largest absolute Gasteiger partial charge is 0.478 e. The van der Waals surface area contributed by atoms with E-state index in [-0.39, 0.29) is 5.56 Å². The van der Waals surface area contributed by atoms with Gasteiger partial charge in [-0.3, -0.25) is 4.57 Å². The lowest BCUT2D eigenvalue weighted by Crippen LogP contribution is -2.03. The van der Waals surface area contributed by atoms with Crippen molar-refractivity contribution in [3.05, 3.63) is 78.1 Å². The topological polar surface area (TPSA) is 64.3 Å². The van der Waals surface area contributed by atoms with Crippen molar-refractivity contribution in [1.82, 2.24) is 9.55 Å². The Morgan fingerprint density at radius 1 is 1.09 bits per heavy atom. The zero-order valence-electron chi connectivity index (χ0n) is 11.7. The number of aromatic carboxylic acids is 1. The summed E-state index contributed by atoms with van der Waals surface area (Å²) in [6.07, 6.45) is 3.42. The van der Waals surface area contributed by atoms with Gasteiger partial charge in [-0.2, -0.15) is 0 Å². The predicted molar refractivity (Wildman–Crippen MR) is 81.3 cm³/mol. The number of rotatable bonds is 5. The molecule has 0 aliphatic carbocycles. The number of imidazole rings is 1. The second-order valence-corrected chi connectivity index (χ2v) is 4.71. The molecular formula is C17H14N2O3. The molecule has 0 saturated heterocycles. The van der Waals surface area contributed by atoms with Gasteiger partial charge in [0.2, 0.25) is 0 Å². The Hall–Kier alpha value is -3.08. The van der Waals surface area contributed by atoms with Gasteiger partial charge in [0.15, 0.2) is 0 Å². The quantitative estimate of drug-likeness (QED) is 0.785. The first kappa shape index (κ1) is 13.9. The fourth-order valence-electron chi connectivity index (χ4n) is 2.08. The SMILES string of the molecule is O=C(O)c1ccc(-n2ccnc2OCc2ccccc2)cc1. The first-order valence-electron chi connectivity index (χ1n) is 6.78. The van der Waals surface area contributed by atoms with E-state index >= 15 is 0 Å². The second kappa shape index (κ2) is 6.13. The molecule has 0 fully saturated rings. The van der Waals surface area contributed by atoms with Gasteiger partial charge in [0, 0.05) is 12.4 Å². The van der Waals surface area contributed by atoms with Crippen molar-refractivity contribution in [3.8, 4) is 11.7 Å². The molecule has 3 aromatic rings. The van der Waals surface area contributed by atoms with E-state index < -0.39 is 5.97 Å². The van der Waals surface area contributed by atoms with Crippen LogP contribution in [0, 0.1) is 0 Å². The van der Waals surface area contributed by atoms with E-state index in [1.807, 2.05) is 30.3 Å². The molecule has 0 radical (unpaired) electrons. The van der Waals surface area contributed by atoms with Gasteiger partial charge in [-0.05, 0) is 29.8 Å². The van der Waals surface area contributed by atoms with Gasteiger partial charge in [-0.25, -0.2) is 9.78 Å². The molecule has 3 rings (SSSR count). The molecule has 0 amide bonds. The highest BCUT2D eigenvalue weighted by Crippen LogP contribution is 2.18. The molecule has 0 spiro atoms. The Morgan fingerprint density at radius 2 is 1.82 bits per heavy atom. The molecule has 2 aromatic carbocycles. The van der Waals surface area contributed by atoms with Gasteiger partial charge in [0.1, 0.15) is 6.61 Å².